The number of aromatic nitrogens is 1. The third-order valence-electron chi connectivity index (χ3n) is 3.30. The Morgan fingerprint density at radius 3 is 2.78 bits per heavy atom. The van der Waals surface area contributed by atoms with Gasteiger partial charge in [-0.15, -0.1) is 0 Å². The van der Waals surface area contributed by atoms with Crippen molar-refractivity contribution in [3.63, 3.8) is 0 Å². The molecule has 2 heterocycles. The zero-order chi connectivity index (χ0) is 13.0. The number of nitrogens with zero attached hydrogens (tertiary/aromatic N) is 2. The van der Waals surface area contributed by atoms with Crippen molar-refractivity contribution in [2.75, 3.05) is 18.5 Å². The maximum absolute atomic E-state index is 10.5. The van der Waals surface area contributed by atoms with Gasteiger partial charge in [0.2, 0.25) is 0 Å². The molecule has 2 rings (SSSR count). The van der Waals surface area contributed by atoms with E-state index in [0.29, 0.717) is 12.0 Å². The minimum atomic E-state index is -0.494. The minimum absolute atomic E-state index is 0.126. The molecule has 0 bridgehead atoms. The van der Waals surface area contributed by atoms with Crippen molar-refractivity contribution < 1.29 is 9.66 Å². The molecule has 1 saturated heterocycles. The van der Waals surface area contributed by atoms with Gasteiger partial charge < -0.3 is 20.2 Å². The first-order valence-electron chi connectivity index (χ1n) is 6.11. The molecule has 1 aliphatic rings. The van der Waals surface area contributed by atoms with Gasteiger partial charge in [-0.2, -0.15) is 0 Å². The lowest BCUT2D eigenvalue weighted by Gasteiger charge is -2.28. The monoisotopic (exact) mass is 251 g/mol. The second kappa shape index (κ2) is 5.77. The summed E-state index contributed by atoms with van der Waals surface area (Å²) in [5.41, 5.74) is 0.819. The molecule has 0 amide bonds. The smallest absolute Gasteiger partial charge is 0.363 e. The largest absolute Gasteiger partial charge is 0.381 e. The van der Waals surface area contributed by atoms with E-state index in [2.05, 4.69) is 17.2 Å². The van der Waals surface area contributed by atoms with E-state index in [1.807, 2.05) is 0 Å². The summed E-state index contributed by atoms with van der Waals surface area (Å²) < 4.78 is 5.33. The zero-order valence-electron chi connectivity index (χ0n) is 10.3. The Hall–Kier alpha value is -1.69. The Balaban J connectivity index is 1.93. The lowest BCUT2D eigenvalue weighted by molar-refractivity contribution is -0.389. The van der Waals surface area contributed by atoms with E-state index in [-0.39, 0.29) is 5.82 Å². The molecule has 1 aromatic rings. The second-order valence-corrected chi connectivity index (χ2v) is 4.54. The van der Waals surface area contributed by atoms with Crippen molar-refractivity contribution in [1.29, 1.82) is 0 Å². The van der Waals surface area contributed by atoms with Gasteiger partial charge in [0, 0.05) is 25.3 Å². The van der Waals surface area contributed by atoms with Crippen molar-refractivity contribution >= 4 is 11.5 Å². The van der Waals surface area contributed by atoms with Crippen molar-refractivity contribution in [2.45, 2.75) is 25.8 Å². The van der Waals surface area contributed by atoms with Gasteiger partial charge in [0.05, 0.1) is 5.69 Å². The van der Waals surface area contributed by atoms with Crippen LogP contribution in [0.3, 0.4) is 0 Å². The van der Waals surface area contributed by atoms with Crippen LogP contribution in [0.2, 0.25) is 0 Å². The van der Waals surface area contributed by atoms with Crippen LogP contribution in [0.4, 0.5) is 11.5 Å². The molecule has 1 aromatic heterocycles. The van der Waals surface area contributed by atoms with Crippen molar-refractivity contribution in [2.24, 2.45) is 5.92 Å². The molecule has 1 fully saturated rings. The SMILES string of the molecule is CC(Nc1ccc([N+](=O)[O-])nc1)C1CCOCC1. The van der Waals surface area contributed by atoms with Crippen LogP contribution in [-0.2, 0) is 4.74 Å². The number of nitro groups is 1. The zero-order valence-corrected chi connectivity index (χ0v) is 10.3. The number of hydrogen-bond acceptors (Lipinski definition) is 5. The highest BCUT2D eigenvalue weighted by atomic mass is 16.6. The first-order chi connectivity index (χ1) is 8.66. The number of ether oxygens (including phenoxy) is 1. The predicted octanol–water partition coefficient (Wildman–Crippen LogP) is 2.22. The molecule has 1 unspecified atom stereocenters. The van der Waals surface area contributed by atoms with E-state index >= 15 is 0 Å². The fraction of sp³-hybridized carbons (Fsp3) is 0.583. The molecule has 0 radical (unpaired) electrons. The summed E-state index contributed by atoms with van der Waals surface area (Å²) in [6, 6.07) is 3.43. The Morgan fingerprint density at radius 1 is 1.50 bits per heavy atom. The number of pyridine rings is 1. The lowest BCUT2D eigenvalue weighted by atomic mass is 9.93. The van der Waals surface area contributed by atoms with Crippen LogP contribution in [0, 0.1) is 16.0 Å². The number of hydrogen-bond donors (Lipinski definition) is 1. The minimum Gasteiger partial charge on any atom is -0.381 e. The van der Waals surface area contributed by atoms with E-state index < -0.39 is 4.92 Å². The van der Waals surface area contributed by atoms with E-state index in [4.69, 9.17) is 4.74 Å². The topological polar surface area (TPSA) is 77.3 Å². The summed E-state index contributed by atoms with van der Waals surface area (Å²) in [4.78, 5) is 13.8. The molecule has 18 heavy (non-hydrogen) atoms. The molecule has 0 saturated carbocycles. The maximum Gasteiger partial charge on any atom is 0.363 e. The molecular formula is C12H17N3O3. The molecule has 1 aliphatic heterocycles. The molecule has 6 heteroatoms. The van der Waals surface area contributed by atoms with Crippen LogP contribution in [0.1, 0.15) is 19.8 Å². The highest BCUT2D eigenvalue weighted by Crippen LogP contribution is 2.22. The fourth-order valence-electron chi connectivity index (χ4n) is 2.18. The molecule has 1 atom stereocenters. The number of rotatable bonds is 4. The lowest BCUT2D eigenvalue weighted by Crippen LogP contribution is -2.30. The third kappa shape index (κ3) is 3.16. The van der Waals surface area contributed by atoms with Crippen LogP contribution in [0.5, 0.6) is 0 Å². The van der Waals surface area contributed by atoms with E-state index in [9.17, 15) is 10.1 Å². The Morgan fingerprint density at radius 2 is 2.22 bits per heavy atom. The summed E-state index contributed by atoms with van der Waals surface area (Å²) >= 11 is 0. The summed E-state index contributed by atoms with van der Waals surface area (Å²) in [5, 5.41) is 13.8. The average molecular weight is 251 g/mol. The van der Waals surface area contributed by atoms with Gasteiger partial charge in [0.25, 0.3) is 0 Å². The van der Waals surface area contributed by atoms with Crippen molar-refractivity contribution in [3.8, 4) is 0 Å². The van der Waals surface area contributed by atoms with Crippen LogP contribution >= 0.6 is 0 Å². The summed E-state index contributed by atoms with van der Waals surface area (Å²) in [5.74, 6) is 0.452. The average Bonchev–Trinajstić information content (AvgIpc) is 2.40. The molecule has 0 aromatic carbocycles. The maximum atomic E-state index is 10.5. The Kier molecular flexibility index (Phi) is 4.09. The van der Waals surface area contributed by atoms with Gasteiger partial charge in [0.15, 0.2) is 6.20 Å². The van der Waals surface area contributed by atoms with Gasteiger partial charge in [-0.05, 0) is 41.7 Å². The van der Waals surface area contributed by atoms with Crippen LogP contribution < -0.4 is 5.32 Å². The van der Waals surface area contributed by atoms with Gasteiger partial charge in [-0.3, -0.25) is 0 Å². The van der Waals surface area contributed by atoms with Crippen molar-refractivity contribution in [1.82, 2.24) is 4.98 Å². The van der Waals surface area contributed by atoms with Crippen molar-refractivity contribution in [3.05, 3.63) is 28.4 Å². The van der Waals surface area contributed by atoms with Gasteiger partial charge in [-0.1, -0.05) is 0 Å². The highest BCUT2D eigenvalue weighted by molar-refractivity contribution is 5.44. The first kappa shape index (κ1) is 12.8. The van der Waals surface area contributed by atoms with Crippen LogP contribution in [0.15, 0.2) is 18.3 Å². The Labute approximate surface area is 106 Å². The molecule has 98 valence electrons. The molecule has 0 spiro atoms. The highest BCUT2D eigenvalue weighted by Gasteiger charge is 2.20. The van der Waals surface area contributed by atoms with E-state index in [0.717, 1.165) is 31.7 Å². The van der Waals surface area contributed by atoms with E-state index in [1.54, 1.807) is 6.07 Å². The third-order valence-corrected chi connectivity index (χ3v) is 3.30. The first-order valence-corrected chi connectivity index (χ1v) is 6.11. The summed E-state index contributed by atoms with van der Waals surface area (Å²) in [7, 11) is 0. The molecule has 0 aliphatic carbocycles. The normalized spacial score (nSPS) is 18.3. The summed E-state index contributed by atoms with van der Waals surface area (Å²) in [6.45, 7) is 3.75. The Bertz CT molecular complexity index is 402. The standard InChI is InChI=1S/C12H17N3O3/c1-9(10-4-6-18-7-5-10)14-11-2-3-12(13-8-11)15(16)17/h2-3,8-10,14H,4-7H2,1H3. The van der Waals surface area contributed by atoms with E-state index in [1.165, 1.54) is 12.3 Å². The molecular weight excluding hydrogens is 234 g/mol. The van der Waals surface area contributed by atoms with Gasteiger partial charge in [0.1, 0.15) is 0 Å². The van der Waals surface area contributed by atoms with Crippen LogP contribution in [0.25, 0.3) is 0 Å². The fourth-order valence-corrected chi connectivity index (χ4v) is 2.18. The molecule has 6 nitrogen and oxygen atoms in total. The second-order valence-electron chi connectivity index (χ2n) is 4.54. The summed E-state index contributed by atoms with van der Waals surface area (Å²) in [6.07, 6.45) is 3.61. The van der Waals surface area contributed by atoms with Gasteiger partial charge >= 0.3 is 5.82 Å². The molecule has 1 N–H and O–H groups in total. The van der Waals surface area contributed by atoms with Gasteiger partial charge in [-0.25, -0.2) is 0 Å². The number of anilines is 1. The predicted molar refractivity (Wildman–Crippen MR) is 67.5 cm³/mol. The van der Waals surface area contributed by atoms with Crippen LogP contribution in [-0.4, -0.2) is 29.2 Å². The quantitative estimate of drug-likeness (QED) is 0.655. The number of nitrogens with one attached hydrogen (secondary N) is 1.